The van der Waals surface area contributed by atoms with Gasteiger partial charge in [0.15, 0.2) is 0 Å². The Balaban J connectivity index is 3.99. The van der Waals surface area contributed by atoms with E-state index in [4.69, 9.17) is 22.8 Å². The van der Waals surface area contributed by atoms with Crippen LogP contribution in [0.1, 0.15) is 27.2 Å². The molecule has 0 saturated heterocycles. The molecule has 0 aliphatic carbocycles. The summed E-state index contributed by atoms with van der Waals surface area (Å²) in [6, 6.07) is 0.725. The van der Waals surface area contributed by atoms with E-state index in [1.807, 2.05) is 20.8 Å². The first-order chi connectivity index (χ1) is 9.64. The summed E-state index contributed by atoms with van der Waals surface area (Å²) in [5, 5.41) is 9.45. The summed E-state index contributed by atoms with van der Waals surface area (Å²) in [6.45, 7) is 8.68. The lowest BCUT2D eigenvalue weighted by Gasteiger charge is -2.28. The summed E-state index contributed by atoms with van der Waals surface area (Å²) >= 11 is 0. The first kappa shape index (κ1) is 20.0. The molecule has 0 amide bonds. The molecule has 0 aromatic heterocycles. The second-order valence-corrected chi connectivity index (χ2v) is 7.00. The molecule has 0 aromatic rings. The average molecular weight is 310 g/mol. The van der Waals surface area contributed by atoms with Crippen LogP contribution >= 0.6 is 0 Å². The largest absolute Gasteiger partial charge is 0.501 e. The van der Waals surface area contributed by atoms with Crippen LogP contribution in [-0.4, -0.2) is 66.8 Å². The standard InChI is InChI=1S/C13H30O6Si/c1-5-17-20(18-6-2,19-7-3)10-8-9-16-12-13(14)11-15-4/h13-14H,5-12H2,1-4H3. The molecule has 0 bridgehead atoms. The SMILES string of the molecule is CCO[Si](CCCOCC(O)COC)(OCC)OCC. The first-order valence-corrected chi connectivity index (χ1v) is 9.23. The lowest BCUT2D eigenvalue weighted by molar-refractivity contribution is -0.00708. The third-order valence-electron chi connectivity index (χ3n) is 2.53. The molecule has 6 nitrogen and oxygen atoms in total. The van der Waals surface area contributed by atoms with Crippen molar-refractivity contribution >= 4 is 8.80 Å². The van der Waals surface area contributed by atoms with Gasteiger partial charge in [0.2, 0.25) is 0 Å². The molecule has 0 aromatic carbocycles. The van der Waals surface area contributed by atoms with Crippen LogP contribution < -0.4 is 0 Å². The van der Waals surface area contributed by atoms with E-state index in [0.717, 1.165) is 12.5 Å². The van der Waals surface area contributed by atoms with Crippen LogP contribution in [0.5, 0.6) is 0 Å². The Bertz CT molecular complexity index is 200. The van der Waals surface area contributed by atoms with Crippen LogP contribution in [0.25, 0.3) is 0 Å². The highest BCUT2D eigenvalue weighted by Crippen LogP contribution is 2.18. The molecule has 0 heterocycles. The second-order valence-electron chi connectivity index (χ2n) is 4.27. The van der Waals surface area contributed by atoms with Gasteiger partial charge < -0.3 is 27.9 Å². The van der Waals surface area contributed by atoms with E-state index in [1.54, 1.807) is 7.11 Å². The van der Waals surface area contributed by atoms with Crippen LogP contribution in [-0.2, 0) is 22.8 Å². The Morgan fingerprint density at radius 2 is 1.50 bits per heavy atom. The molecular weight excluding hydrogens is 280 g/mol. The number of hydrogen-bond donors (Lipinski definition) is 1. The normalized spacial score (nSPS) is 13.7. The maximum Gasteiger partial charge on any atom is 0.501 e. The molecule has 0 radical (unpaired) electrons. The first-order valence-electron chi connectivity index (χ1n) is 7.30. The van der Waals surface area contributed by atoms with E-state index < -0.39 is 14.9 Å². The van der Waals surface area contributed by atoms with Crippen molar-refractivity contribution in [1.82, 2.24) is 0 Å². The van der Waals surface area contributed by atoms with Gasteiger partial charge >= 0.3 is 8.80 Å². The summed E-state index contributed by atoms with van der Waals surface area (Å²) in [4.78, 5) is 0. The van der Waals surface area contributed by atoms with E-state index >= 15 is 0 Å². The molecule has 20 heavy (non-hydrogen) atoms. The van der Waals surface area contributed by atoms with Gasteiger partial charge in [0.05, 0.1) is 13.2 Å². The van der Waals surface area contributed by atoms with Gasteiger partial charge in [0.1, 0.15) is 6.10 Å². The van der Waals surface area contributed by atoms with Gasteiger partial charge in [0.25, 0.3) is 0 Å². The van der Waals surface area contributed by atoms with Crippen molar-refractivity contribution in [2.45, 2.75) is 39.3 Å². The Morgan fingerprint density at radius 1 is 0.950 bits per heavy atom. The number of methoxy groups -OCH3 is 1. The van der Waals surface area contributed by atoms with E-state index in [-0.39, 0.29) is 13.2 Å². The highest BCUT2D eigenvalue weighted by molar-refractivity contribution is 6.60. The molecule has 1 unspecified atom stereocenters. The molecule has 0 rings (SSSR count). The minimum absolute atomic E-state index is 0.278. The molecule has 0 spiro atoms. The third-order valence-corrected chi connectivity index (χ3v) is 5.69. The zero-order chi connectivity index (χ0) is 15.3. The van der Waals surface area contributed by atoms with Gasteiger partial charge in [-0.05, 0) is 27.2 Å². The van der Waals surface area contributed by atoms with Gasteiger partial charge in [0, 0.05) is 39.6 Å². The maximum absolute atomic E-state index is 9.45. The average Bonchev–Trinajstić information content (AvgIpc) is 2.39. The number of aliphatic hydroxyl groups excluding tert-OH is 1. The lowest BCUT2D eigenvalue weighted by Crippen LogP contribution is -2.46. The Labute approximate surface area is 123 Å². The number of ether oxygens (including phenoxy) is 2. The topological polar surface area (TPSA) is 66.4 Å². The Morgan fingerprint density at radius 3 is 1.95 bits per heavy atom. The highest BCUT2D eigenvalue weighted by Gasteiger charge is 2.39. The van der Waals surface area contributed by atoms with Crippen molar-refractivity contribution < 1.29 is 27.9 Å². The fourth-order valence-corrected chi connectivity index (χ4v) is 4.43. The zero-order valence-corrected chi connectivity index (χ0v) is 14.2. The molecular formula is C13H30O6Si. The Kier molecular flexibility index (Phi) is 12.7. The predicted molar refractivity (Wildman–Crippen MR) is 78.8 cm³/mol. The van der Waals surface area contributed by atoms with E-state index in [1.165, 1.54) is 0 Å². The van der Waals surface area contributed by atoms with Gasteiger partial charge in [-0.2, -0.15) is 0 Å². The molecule has 0 fully saturated rings. The quantitative estimate of drug-likeness (QED) is 0.387. The monoisotopic (exact) mass is 310 g/mol. The molecule has 1 N–H and O–H groups in total. The molecule has 0 saturated carbocycles. The molecule has 122 valence electrons. The van der Waals surface area contributed by atoms with Crippen LogP contribution in [0, 0.1) is 0 Å². The molecule has 1 atom stereocenters. The maximum atomic E-state index is 9.45. The molecule has 0 aliphatic rings. The van der Waals surface area contributed by atoms with Crippen molar-refractivity contribution in [3.63, 3.8) is 0 Å². The van der Waals surface area contributed by atoms with Gasteiger partial charge in [-0.25, -0.2) is 0 Å². The summed E-state index contributed by atoms with van der Waals surface area (Å²) in [5.41, 5.74) is 0. The van der Waals surface area contributed by atoms with Crippen LogP contribution in [0.3, 0.4) is 0 Å². The highest BCUT2D eigenvalue weighted by atomic mass is 28.4. The van der Waals surface area contributed by atoms with Gasteiger partial charge in [-0.1, -0.05) is 0 Å². The van der Waals surface area contributed by atoms with Crippen LogP contribution in [0.15, 0.2) is 0 Å². The molecule has 0 aliphatic heterocycles. The van der Waals surface area contributed by atoms with Crippen molar-refractivity contribution in [2.24, 2.45) is 0 Å². The number of hydrogen-bond acceptors (Lipinski definition) is 6. The Hall–Kier alpha value is -0.0231. The third kappa shape index (κ3) is 9.01. The number of rotatable bonds is 14. The van der Waals surface area contributed by atoms with E-state index in [2.05, 4.69) is 0 Å². The number of aliphatic hydroxyl groups is 1. The zero-order valence-electron chi connectivity index (χ0n) is 13.2. The van der Waals surface area contributed by atoms with E-state index in [0.29, 0.717) is 26.4 Å². The molecule has 7 heteroatoms. The van der Waals surface area contributed by atoms with Crippen LogP contribution in [0.4, 0.5) is 0 Å². The minimum atomic E-state index is -2.56. The van der Waals surface area contributed by atoms with Crippen molar-refractivity contribution in [3.8, 4) is 0 Å². The van der Waals surface area contributed by atoms with Crippen molar-refractivity contribution in [1.29, 1.82) is 0 Å². The summed E-state index contributed by atoms with van der Waals surface area (Å²) in [7, 11) is -1.00. The second kappa shape index (κ2) is 12.7. The summed E-state index contributed by atoms with van der Waals surface area (Å²) in [6.07, 6.45) is 0.207. The predicted octanol–water partition coefficient (Wildman–Crippen LogP) is 1.45. The smallest absolute Gasteiger partial charge is 0.388 e. The van der Waals surface area contributed by atoms with Gasteiger partial charge in [-0.3, -0.25) is 0 Å². The summed E-state index contributed by atoms with van der Waals surface area (Å²) < 4.78 is 27.5. The van der Waals surface area contributed by atoms with Crippen molar-refractivity contribution in [3.05, 3.63) is 0 Å². The lowest BCUT2D eigenvalue weighted by atomic mass is 10.4. The van der Waals surface area contributed by atoms with Gasteiger partial charge in [-0.15, -0.1) is 0 Å². The summed E-state index contributed by atoms with van der Waals surface area (Å²) in [5.74, 6) is 0. The van der Waals surface area contributed by atoms with Crippen LogP contribution in [0.2, 0.25) is 6.04 Å². The van der Waals surface area contributed by atoms with E-state index in [9.17, 15) is 5.11 Å². The fourth-order valence-electron chi connectivity index (χ4n) is 1.85. The fraction of sp³-hybridized carbons (Fsp3) is 1.00. The minimum Gasteiger partial charge on any atom is -0.388 e. The van der Waals surface area contributed by atoms with Crippen molar-refractivity contribution in [2.75, 3.05) is 46.8 Å².